The molecule has 0 atom stereocenters. The molecule has 19 heavy (non-hydrogen) atoms. The number of ether oxygens (including phenoxy) is 1. The van der Waals surface area contributed by atoms with Crippen LogP contribution in [0.4, 0.5) is 0 Å². The van der Waals surface area contributed by atoms with E-state index in [1.165, 1.54) is 19.1 Å². The number of nitrogens with one attached hydrogen (secondary N) is 1. The SMILES string of the molecule is CC(=O)c1cccc(S(=O)(=O)NCCOC(C)C)c1. The van der Waals surface area contributed by atoms with Gasteiger partial charge in [-0.2, -0.15) is 0 Å². The van der Waals surface area contributed by atoms with Gasteiger partial charge < -0.3 is 4.74 Å². The van der Waals surface area contributed by atoms with Crippen molar-refractivity contribution >= 4 is 15.8 Å². The zero-order valence-corrected chi connectivity index (χ0v) is 12.2. The maximum absolute atomic E-state index is 12.0. The molecule has 0 saturated heterocycles. The topological polar surface area (TPSA) is 72.5 Å². The third-order valence-electron chi connectivity index (χ3n) is 2.40. The standard InChI is InChI=1S/C13H19NO4S/c1-10(2)18-8-7-14-19(16,17)13-6-4-5-12(9-13)11(3)15/h4-6,9-10,14H,7-8H2,1-3H3. The summed E-state index contributed by atoms with van der Waals surface area (Å²) in [4.78, 5) is 11.3. The average Bonchev–Trinajstić information content (AvgIpc) is 2.34. The lowest BCUT2D eigenvalue weighted by atomic mass is 10.2. The van der Waals surface area contributed by atoms with Gasteiger partial charge in [0.1, 0.15) is 0 Å². The third kappa shape index (κ3) is 5.10. The number of sulfonamides is 1. The fraction of sp³-hybridized carbons (Fsp3) is 0.462. The molecular weight excluding hydrogens is 266 g/mol. The Morgan fingerprint density at radius 2 is 2.05 bits per heavy atom. The minimum absolute atomic E-state index is 0.0607. The van der Waals surface area contributed by atoms with E-state index in [9.17, 15) is 13.2 Å². The monoisotopic (exact) mass is 285 g/mol. The van der Waals surface area contributed by atoms with E-state index in [1.807, 2.05) is 13.8 Å². The molecule has 106 valence electrons. The van der Waals surface area contributed by atoms with Gasteiger partial charge in [-0.3, -0.25) is 4.79 Å². The van der Waals surface area contributed by atoms with Crippen molar-refractivity contribution in [3.63, 3.8) is 0 Å². The molecule has 0 fully saturated rings. The number of ketones is 1. The molecule has 0 aliphatic rings. The molecule has 0 amide bonds. The zero-order valence-electron chi connectivity index (χ0n) is 11.3. The van der Waals surface area contributed by atoms with Crippen LogP contribution in [0, 0.1) is 0 Å². The van der Waals surface area contributed by atoms with E-state index in [2.05, 4.69) is 4.72 Å². The van der Waals surface area contributed by atoms with Gasteiger partial charge in [0.05, 0.1) is 17.6 Å². The minimum atomic E-state index is -3.60. The fourth-order valence-electron chi connectivity index (χ4n) is 1.44. The van der Waals surface area contributed by atoms with Crippen LogP contribution < -0.4 is 4.72 Å². The van der Waals surface area contributed by atoms with Crippen LogP contribution in [0.15, 0.2) is 29.2 Å². The maximum atomic E-state index is 12.0. The summed E-state index contributed by atoms with van der Waals surface area (Å²) in [6, 6.07) is 5.96. The molecule has 1 aromatic rings. The summed E-state index contributed by atoms with van der Waals surface area (Å²) >= 11 is 0. The van der Waals surface area contributed by atoms with E-state index in [0.717, 1.165) is 0 Å². The number of carbonyl (C=O) groups is 1. The van der Waals surface area contributed by atoms with E-state index < -0.39 is 10.0 Å². The molecule has 6 heteroatoms. The predicted octanol–water partition coefficient (Wildman–Crippen LogP) is 1.59. The predicted molar refractivity (Wildman–Crippen MR) is 72.7 cm³/mol. The molecule has 0 unspecified atom stereocenters. The number of Topliss-reactive ketones (excluding diaryl/α,β-unsaturated/α-hetero) is 1. The Balaban J connectivity index is 2.72. The van der Waals surface area contributed by atoms with Crippen LogP contribution in [0.3, 0.4) is 0 Å². The molecule has 1 N–H and O–H groups in total. The van der Waals surface area contributed by atoms with Crippen molar-refractivity contribution in [2.75, 3.05) is 13.2 Å². The summed E-state index contributed by atoms with van der Waals surface area (Å²) in [5, 5.41) is 0. The van der Waals surface area contributed by atoms with E-state index in [0.29, 0.717) is 12.2 Å². The normalized spacial score (nSPS) is 11.8. The van der Waals surface area contributed by atoms with E-state index >= 15 is 0 Å². The Kier molecular flexibility index (Phi) is 5.65. The molecule has 0 aromatic heterocycles. The first-order valence-corrected chi connectivity index (χ1v) is 7.53. The summed E-state index contributed by atoms with van der Waals surface area (Å²) in [7, 11) is -3.60. The Hall–Kier alpha value is -1.24. The van der Waals surface area contributed by atoms with Crippen molar-refractivity contribution in [3.05, 3.63) is 29.8 Å². The Bertz CT molecular complexity index is 537. The van der Waals surface area contributed by atoms with Crippen LogP contribution in [0.5, 0.6) is 0 Å². The Labute approximate surface area is 114 Å². The highest BCUT2D eigenvalue weighted by Gasteiger charge is 2.14. The van der Waals surface area contributed by atoms with Gasteiger partial charge in [0.2, 0.25) is 10.0 Å². The van der Waals surface area contributed by atoms with E-state index in [4.69, 9.17) is 4.74 Å². The summed E-state index contributed by atoms with van der Waals surface area (Å²) in [5.74, 6) is -0.166. The highest BCUT2D eigenvalue weighted by atomic mass is 32.2. The molecule has 0 aliphatic carbocycles. The molecule has 0 heterocycles. The highest BCUT2D eigenvalue weighted by Crippen LogP contribution is 2.11. The lowest BCUT2D eigenvalue weighted by Gasteiger charge is -2.09. The lowest BCUT2D eigenvalue weighted by molar-refractivity contribution is 0.0833. The van der Waals surface area contributed by atoms with Crippen LogP contribution >= 0.6 is 0 Å². The summed E-state index contributed by atoms with van der Waals surface area (Å²) in [6.07, 6.45) is 0.0607. The number of carbonyl (C=O) groups excluding carboxylic acids is 1. The zero-order chi connectivity index (χ0) is 14.5. The van der Waals surface area contributed by atoms with Crippen LogP contribution in [0.2, 0.25) is 0 Å². The largest absolute Gasteiger partial charge is 0.377 e. The number of benzene rings is 1. The van der Waals surface area contributed by atoms with E-state index in [-0.39, 0.29) is 23.3 Å². The number of hydrogen-bond acceptors (Lipinski definition) is 4. The average molecular weight is 285 g/mol. The van der Waals surface area contributed by atoms with Crippen molar-refractivity contribution in [2.45, 2.75) is 31.8 Å². The first-order chi connectivity index (χ1) is 8.83. The van der Waals surface area contributed by atoms with Gasteiger partial charge in [-0.05, 0) is 32.9 Å². The first-order valence-electron chi connectivity index (χ1n) is 6.05. The van der Waals surface area contributed by atoms with Crippen molar-refractivity contribution in [1.82, 2.24) is 4.72 Å². The molecule has 0 radical (unpaired) electrons. The molecular formula is C13H19NO4S. The highest BCUT2D eigenvalue weighted by molar-refractivity contribution is 7.89. The molecule has 0 saturated carbocycles. The van der Waals surface area contributed by atoms with Crippen LogP contribution in [-0.2, 0) is 14.8 Å². The Morgan fingerprint density at radius 1 is 1.37 bits per heavy atom. The second-order valence-corrected chi connectivity index (χ2v) is 6.17. The van der Waals surface area contributed by atoms with Gasteiger partial charge in [-0.15, -0.1) is 0 Å². The van der Waals surface area contributed by atoms with Crippen LogP contribution in [0.25, 0.3) is 0 Å². The second-order valence-electron chi connectivity index (χ2n) is 4.40. The molecule has 0 aliphatic heterocycles. The van der Waals surface area contributed by atoms with Gasteiger partial charge in [-0.1, -0.05) is 12.1 Å². The van der Waals surface area contributed by atoms with Crippen molar-refractivity contribution in [3.8, 4) is 0 Å². The van der Waals surface area contributed by atoms with Crippen LogP contribution in [-0.4, -0.2) is 33.5 Å². The summed E-state index contributed by atoms with van der Waals surface area (Å²) in [5.41, 5.74) is 0.376. The molecule has 1 rings (SSSR count). The molecule has 0 spiro atoms. The quantitative estimate of drug-likeness (QED) is 0.610. The van der Waals surface area contributed by atoms with E-state index in [1.54, 1.807) is 12.1 Å². The first kappa shape index (κ1) is 15.8. The molecule has 0 bridgehead atoms. The fourth-order valence-corrected chi connectivity index (χ4v) is 2.49. The van der Waals surface area contributed by atoms with Crippen molar-refractivity contribution in [1.29, 1.82) is 0 Å². The third-order valence-corrected chi connectivity index (χ3v) is 3.85. The van der Waals surface area contributed by atoms with Gasteiger partial charge in [0.15, 0.2) is 5.78 Å². The van der Waals surface area contributed by atoms with Gasteiger partial charge in [0.25, 0.3) is 0 Å². The smallest absolute Gasteiger partial charge is 0.240 e. The van der Waals surface area contributed by atoms with Crippen molar-refractivity contribution in [2.24, 2.45) is 0 Å². The number of hydrogen-bond donors (Lipinski definition) is 1. The van der Waals surface area contributed by atoms with Crippen LogP contribution in [0.1, 0.15) is 31.1 Å². The number of rotatable bonds is 7. The minimum Gasteiger partial charge on any atom is -0.377 e. The second kappa shape index (κ2) is 6.79. The van der Waals surface area contributed by atoms with Gasteiger partial charge in [-0.25, -0.2) is 13.1 Å². The maximum Gasteiger partial charge on any atom is 0.240 e. The van der Waals surface area contributed by atoms with Gasteiger partial charge in [0, 0.05) is 12.1 Å². The summed E-state index contributed by atoms with van der Waals surface area (Å²) in [6.45, 7) is 5.67. The summed E-state index contributed by atoms with van der Waals surface area (Å²) < 4.78 is 31.6. The van der Waals surface area contributed by atoms with Crippen molar-refractivity contribution < 1.29 is 17.9 Å². The molecule has 1 aromatic carbocycles. The molecule has 5 nitrogen and oxygen atoms in total. The lowest BCUT2D eigenvalue weighted by Crippen LogP contribution is -2.28. The Morgan fingerprint density at radius 3 is 2.63 bits per heavy atom. The van der Waals surface area contributed by atoms with Gasteiger partial charge >= 0.3 is 0 Å².